The molecule has 0 saturated heterocycles. The second-order valence-electron chi connectivity index (χ2n) is 9.63. The van der Waals surface area contributed by atoms with Crippen molar-refractivity contribution < 1.29 is 8.42 Å². The molecule has 0 amide bonds. The van der Waals surface area contributed by atoms with Gasteiger partial charge in [-0.2, -0.15) is 0 Å². The minimum atomic E-state index is -3.53. The first-order valence-electron chi connectivity index (χ1n) is 12.7. The predicted octanol–water partition coefficient (Wildman–Crippen LogP) is 8.62. The van der Waals surface area contributed by atoms with Crippen LogP contribution in [0.4, 0.5) is 0 Å². The van der Waals surface area contributed by atoms with Crippen molar-refractivity contribution in [2.24, 2.45) is 0 Å². The van der Waals surface area contributed by atoms with E-state index in [0.717, 1.165) is 11.7 Å². The Morgan fingerprint density at radius 1 is 0.794 bits per heavy atom. The van der Waals surface area contributed by atoms with Crippen molar-refractivity contribution in [2.75, 3.05) is 25.0 Å². The van der Waals surface area contributed by atoms with E-state index < -0.39 is 15.3 Å². The average Bonchev–Trinajstić information content (AvgIpc) is 2.82. The summed E-state index contributed by atoms with van der Waals surface area (Å²) in [6, 6.07) is 15.1. The van der Waals surface area contributed by atoms with E-state index in [9.17, 15) is 8.42 Å². The van der Waals surface area contributed by atoms with E-state index in [1.165, 1.54) is 62.6 Å². The molecule has 0 aliphatic heterocycles. The summed E-state index contributed by atoms with van der Waals surface area (Å²) in [7, 11) is -3.53. The van der Waals surface area contributed by atoms with Crippen molar-refractivity contribution in [1.29, 1.82) is 0 Å². The molecule has 0 unspecified atom stereocenters. The molecule has 0 fully saturated rings. The molecule has 0 aromatic heterocycles. The van der Waals surface area contributed by atoms with Crippen molar-refractivity contribution in [3.05, 3.63) is 64.7 Å². The zero-order valence-electron chi connectivity index (χ0n) is 21.0. The first-order valence-corrected chi connectivity index (χ1v) is 19.5. The van der Waals surface area contributed by atoms with E-state index in [1.807, 2.05) is 36.4 Å². The molecule has 0 saturated carbocycles. The van der Waals surface area contributed by atoms with Crippen molar-refractivity contribution in [2.45, 2.75) is 76.8 Å². The molecular weight excluding hydrogens is 549 g/mol. The Labute approximate surface area is 221 Å². The third kappa shape index (κ3) is 9.21. The summed E-state index contributed by atoms with van der Waals surface area (Å²) in [6.45, 7) is 7.17. The van der Waals surface area contributed by atoms with Crippen LogP contribution in [0.3, 0.4) is 0 Å². The van der Waals surface area contributed by atoms with Gasteiger partial charge in [-0.15, -0.1) is 0 Å². The molecule has 0 heterocycles. The molecule has 0 spiro atoms. The second-order valence-corrected chi connectivity index (χ2v) is 23.1. The summed E-state index contributed by atoms with van der Waals surface area (Å²) in [5, 5.41) is -1.40. The van der Waals surface area contributed by atoms with Crippen molar-refractivity contribution in [3.63, 3.8) is 0 Å². The topological polar surface area (TPSA) is 46.2 Å². The second kappa shape index (κ2) is 13.7. The van der Waals surface area contributed by atoms with E-state index >= 15 is 0 Å². The number of hydrogen-bond donors (Lipinski definition) is 1. The van der Waals surface area contributed by atoms with Gasteiger partial charge in [0.05, 0.1) is 0 Å². The molecule has 2 aromatic rings. The normalized spacial score (nSPS) is 13.5. The molecule has 1 N–H and O–H groups in total. The zero-order valence-corrected chi connectivity index (χ0v) is 25.1. The first kappa shape index (κ1) is 29.8. The third-order valence-electron chi connectivity index (χ3n) is 6.64. The molecule has 7 heteroatoms. The van der Waals surface area contributed by atoms with Gasteiger partial charge in [0.2, 0.25) is 0 Å². The van der Waals surface area contributed by atoms with Crippen LogP contribution in [0, 0.1) is 0 Å². The van der Waals surface area contributed by atoms with Crippen LogP contribution in [-0.2, 0) is 22.6 Å². The fourth-order valence-electron chi connectivity index (χ4n) is 4.53. The summed E-state index contributed by atoms with van der Waals surface area (Å²) < 4.78 is 28.4. The number of rotatable bonds is 16. The van der Waals surface area contributed by atoms with Gasteiger partial charge in [-0.05, 0) is 0 Å². The van der Waals surface area contributed by atoms with Crippen molar-refractivity contribution in [1.82, 2.24) is 4.72 Å². The maximum atomic E-state index is 12.8. The SMILES string of the molecule is CCCCP(Br)(CCCC)(CCCC)Cc1ccc(S(=O)(=O)NCCc2ccc(Cl)cc2)cc1. The van der Waals surface area contributed by atoms with Gasteiger partial charge < -0.3 is 0 Å². The molecule has 0 aliphatic carbocycles. The Kier molecular flexibility index (Phi) is 12.0. The standard InChI is InChI=1S/C27H42BrClNO2PS/c1-4-7-20-33(28,21-8-5-2,22-9-6-3)23-25-12-16-27(17-13-25)34(31,32)30-19-18-24-10-14-26(29)15-11-24/h10-17,30H,4-9,18-23H2,1-3H3. The first-order chi connectivity index (χ1) is 16.1. The number of hydrogen-bond acceptors (Lipinski definition) is 2. The van der Waals surface area contributed by atoms with E-state index in [1.54, 1.807) is 12.1 Å². The Balaban J connectivity index is 2.12. The molecule has 0 radical (unpaired) electrons. The third-order valence-corrected chi connectivity index (χ3v) is 17.8. The fraction of sp³-hybridized carbons (Fsp3) is 0.556. The van der Waals surface area contributed by atoms with Gasteiger partial charge in [-0.25, -0.2) is 0 Å². The molecule has 0 bridgehead atoms. The van der Waals surface area contributed by atoms with Crippen LogP contribution >= 0.6 is 32.4 Å². The molecule has 0 aliphatic rings. The predicted molar refractivity (Wildman–Crippen MR) is 156 cm³/mol. The molecule has 3 nitrogen and oxygen atoms in total. The van der Waals surface area contributed by atoms with E-state index in [2.05, 4.69) is 41.0 Å². The molecule has 192 valence electrons. The van der Waals surface area contributed by atoms with Gasteiger partial charge in [0.15, 0.2) is 0 Å². The number of halogens is 2. The zero-order chi connectivity index (χ0) is 25.1. The van der Waals surface area contributed by atoms with Crippen LogP contribution in [0.1, 0.15) is 70.4 Å². The number of nitrogens with one attached hydrogen (secondary N) is 1. The number of sulfonamides is 1. The Bertz CT molecular complexity index is 956. The molecule has 34 heavy (non-hydrogen) atoms. The van der Waals surface area contributed by atoms with Gasteiger partial charge in [0.1, 0.15) is 0 Å². The summed E-state index contributed by atoms with van der Waals surface area (Å²) in [5.41, 5.74) is 2.30. The Hall–Kier alpha value is -0.450. The van der Waals surface area contributed by atoms with Crippen LogP contribution in [0.15, 0.2) is 53.4 Å². The van der Waals surface area contributed by atoms with Crippen molar-refractivity contribution >= 4 is 42.4 Å². The van der Waals surface area contributed by atoms with E-state index in [4.69, 9.17) is 11.6 Å². The summed E-state index contributed by atoms with van der Waals surface area (Å²) in [5.74, 6) is 0. The summed E-state index contributed by atoms with van der Waals surface area (Å²) in [6.07, 6.45) is 12.9. The Morgan fingerprint density at radius 3 is 1.74 bits per heavy atom. The van der Waals surface area contributed by atoms with Gasteiger partial charge in [-0.3, -0.25) is 0 Å². The van der Waals surface area contributed by atoms with Crippen LogP contribution in [0.25, 0.3) is 0 Å². The quantitative estimate of drug-likeness (QED) is 0.199. The summed E-state index contributed by atoms with van der Waals surface area (Å²) >= 11 is 10.4. The van der Waals surface area contributed by atoms with E-state index in [-0.39, 0.29) is 0 Å². The molecule has 2 aromatic carbocycles. The maximum absolute atomic E-state index is 12.8. The van der Waals surface area contributed by atoms with Gasteiger partial charge in [0, 0.05) is 5.02 Å². The van der Waals surface area contributed by atoms with Gasteiger partial charge >= 0.3 is 205 Å². The van der Waals surface area contributed by atoms with Gasteiger partial charge in [0.25, 0.3) is 0 Å². The van der Waals surface area contributed by atoms with Crippen molar-refractivity contribution in [3.8, 4) is 0 Å². The molecular formula is C27H42BrClNO2PS. The van der Waals surface area contributed by atoms with Gasteiger partial charge in [-0.1, -0.05) is 11.6 Å². The monoisotopic (exact) mass is 589 g/mol. The van der Waals surface area contributed by atoms with Crippen LogP contribution in [0.5, 0.6) is 0 Å². The average molecular weight is 591 g/mol. The molecule has 0 atom stereocenters. The minimum absolute atomic E-state index is 0.331. The van der Waals surface area contributed by atoms with Crippen LogP contribution < -0.4 is 4.72 Å². The van der Waals surface area contributed by atoms with Crippen LogP contribution in [-0.4, -0.2) is 33.4 Å². The Morgan fingerprint density at radius 2 is 1.26 bits per heavy atom. The van der Waals surface area contributed by atoms with E-state index in [0.29, 0.717) is 22.9 Å². The summed E-state index contributed by atoms with van der Waals surface area (Å²) in [4.78, 5) is 0.331. The van der Waals surface area contributed by atoms with Crippen LogP contribution in [0.2, 0.25) is 5.02 Å². The fourth-order valence-corrected chi connectivity index (χ4v) is 14.4. The molecule has 2 rings (SSSR count). The number of unbranched alkanes of at least 4 members (excludes halogenated alkanes) is 3. The number of benzene rings is 2.